The average Bonchev–Trinajstić information content (AvgIpc) is 3.12. The van der Waals surface area contributed by atoms with Crippen LogP contribution in [0.3, 0.4) is 0 Å². The number of nitrogens with zero attached hydrogens (tertiary/aromatic N) is 5. The summed E-state index contributed by atoms with van der Waals surface area (Å²) in [7, 11) is 0. The van der Waals surface area contributed by atoms with Gasteiger partial charge in [-0.1, -0.05) is 28.7 Å². The molecule has 2 heterocycles. The smallest absolute Gasteiger partial charge is 0.215 e. The van der Waals surface area contributed by atoms with Gasteiger partial charge in [0.15, 0.2) is 0 Å². The molecule has 1 atom stereocenters. The van der Waals surface area contributed by atoms with E-state index in [0.717, 1.165) is 12.1 Å². The van der Waals surface area contributed by atoms with Crippen LogP contribution in [0.1, 0.15) is 11.7 Å². The van der Waals surface area contributed by atoms with Crippen molar-refractivity contribution in [2.24, 2.45) is 5.73 Å². The molecule has 10 heteroatoms. The summed E-state index contributed by atoms with van der Waals surface area (Å²) >= 11 is 2.36. The molecule has 0 spiro atoms. The molecule has 0 saturated carbocycles. The molecule has 0 bridgehead atoms. The summed E-state index contributed by atoms with van der Waals surface area (Å²) in [5.41, 5.74) is 8.77. The number of rotatable bonds is 4. The lowest BCUT2D eigenvalue weighted by Gasteiger charge is -2.25. The quantitative estimate of drug-likeness (QED) is 0.742. The number of halogens is 2. The maximum atomic E-state index is 13.9. The fourth-order valence-electron chi connectivity index (χ4n) is 1.79. The molecule has 0 saturated heterocycles. The summed E-state index contributed by atoms with van der Waals surface area (Å²) in [6, 6.07) is 3.58. The Morgan fingerprint density at radius 2 is 1.52 bits per heavy atom. The third-order valence-electron chi connectivity index (χ3n) is 2.68. The molecule has 21 heavy (non-hydrogen) atoms. The molecule has 0 aliphatic carbocycles. The van der Waals surface area contributed by atoms with Gasteiger partial charge in [-0.25, -0.2) is 8.78 Å². The van der Waals surface area contributed by atoms with Crippen LogP contribution < -0.4 is 10.6 Å². The summed E-state index contributed by atoms with van der Waals surface area (Å²) in [6.07, 6.45) is -1.13. The Kier molecular flexibility index (Phi) is 3.82. The first kappa shape index (κ1) is 13.9. The largest absolute Gasteiger partial charge is 0.307 e. The highest BCUT2D eigenvalue weighted by molar-refractivity contribution is 7.15. The van der Waals surface area contributed by atoms with Crippen molar-refractivity contribution in [2.45, 2.75) is 6.17 Å². The van der Waals surface area contributed by atoms with Crippen LogP contribution in [-0.4, -0.2) is 20.4 Å². The minimum absolute atomic E-state index is 0.261. The zero-order valence-corrected chi connectivity index (χ0v) is 12.0. The van der Waals surface area contributed by atoms with Gasteiger partial charge in [0.1, 0.15) is 28.8 Å². The first-order chi connectivity index (χ1) is 10.2. The minimum atomic E-state index is -1.13. The predicted molar refractivity (Wildman–Crippen MR) is 75.2 cm³/mol. The molecule has 0 radical (unpaired) electrons. The molecule has 0 aliphatic rings. The Bertz CT molecular complexity index is 664. The summed E-state index contributed by atoms with van der Waals surface area (Å²) in [5.74, 6) is -1.47. The molecule has 2 aromatic heterocycles. The fraction of sp³-hybridized carbons (Fsp3) is 0.0909. The molecule has 1 aromatic carbocycles. The van der Waals surface area contributed by atoms with Gasteiger partial charge in [-0.05, 0) is 12.1 Å². The van der Waals surface area contributed by atoms with Crippen molar-refractivity contribution in [3.63, 3.8) is 0 Å². The normalized spacial score (nSPS) is 12.3. The second-order valence-electron chi connectivity index (χ2n) is 3.89. The average molecular weight is 326 g/mol. The molecular formula is C11H8F2N6S2. The Balaban J connectivity index is 2.09. The highest BCUT2D eigenvalue weighted by atomic mass is 32.1. The minimum Gasteiger partial charge on any atom is -0.307 e. The van der Waals surface area contributed by atoms with Crippen molar-refractivity contribution in [1.29, 1.82) is 0 Å². The third-order valence-corrected chi connectivity index (χ3v) is 4.06. The Morgan fingerprint density at radius 3 is 1.95 bits per heavy atom. The van der Waals surface area contributed by atoms with Crippen molar-refractivity contribution in [2.75, 3.05) is 4.90 Å². The van der Waals surface area contributed by atoms with Crippen LogP contribution >= 0.6 is 22.7 Å². The molecule has 6 nitrogen and oxygen atoms in total. The van der Waals surface area contributed by atoms with Crippen molar-refractivity contribution < 1.29 is 8.78 Å². The van der Waals surface area contributed by atoms with E-state index in [1.54, 1.807) is 0 Å². The van der Waals surface area contributed by atoms with Crippen LogP contribution in [0, 0.1) is 11.6 Å². The molecule has 3 aromatic rings. The number of benzene rings is 1. The predicted octanol–water partition coefficient (Wildman–Crippen LogP) is 2.46. The highest BCUT2D eigenvalue weighted by Crippen LogP contribution is 2.35. The molecule has 1 unspecified atom stereocenters. The molecule has 0 aliphatic heterocycles. The van der Waals surface area contributed by atoms with Gasteiger partial charge in [0.05, 0.1) is 5.56 Å². The zero-order chi connectivity index (χ0) is 14.8. The SMILES string of the molecule is NC(c1c(F)cccc1F)N(c1nncs1)c1nncs1. The van der Waals surface area contributed by atoms with E-state index in [-0.39, 0.29) is 5.56 Å². The number of aromatic nitrogens is 4. The molecule has 0 fully saturated rings. The van der Waals surface area contributed by atoms with Gasteiger partial charge < -0.3 is 5.73 Å². The van der Waals surface area contributed by atoms with Gasteiger partial charge in [0, 0.05) is 0 Å². The van der Waals surface area contributed by atoms with Gasteiger partial charge in [-0.3, -0.25) is 4.90 Å². The maximum absolute atomic E-state index is 13.9. The number of anilines is 2. The lowest BCUT2D eigenvalue weighted by atomic mass is 10.1. The van der Waals surface area contributed by atoms with Crippen molar-refractivity contribution in [3.8, 4) is 0 Å². The summed E-state index contributed by atoms with van der Waals surface area (Å²) < 4.78 is 27.9. The van der Waals surface area contributed by atoms with E-state index in [0.29, 0.717) is 10.3 Å². The number of hydrogen-bond acceptors (Lipinski definition) is 8. The standard InChI is InChI=1S/C11H8F2N6S2/c12-6-2-1-3-7(13)8(6)9(14)19(10-17-15-4-20-10)11-18-16-5-21-11/h1-5,9H,14H2. The summed E-state index contributed by atoms with van der Waals surface area (Å²) in [4.78, 5) is 1.40. The van der Waals surface area contributed by atoms with E-state index in [4.69, 9.17) is 5.73 Å². The zero-order valence-electron chi connectivity index (χ0n) is 10.3. The molecule has 3 rings (SSSR count). The monoisotopic (exact) mass is 326 g/mol. The second kappa shape index (κ2) is 5.76. The Hall–Kier alpha value is -2.04. The van der Waals surface area contributed by atoms with E-state index in [1.807, 2.05) is 0 Å². The number of hydrogen-bond donors (Lipinski definition) is 1. The second-order valence-corrected chi connectivity index (χ2v) is 5.52. The van der Waals surface area contributed by atoms with E-state index >= 15 is 0 Å². The first-order valence-electron chi connectivity index (χ1n) is 5.69. The maximum Gasteiger partial charge on any atom is 0.215 e. The van der Waals surface area contributed by atoms with Gasteiger partial charge in [0.2, 0.25) is 10.3 Å². The van der Waals surface area contributed by atoms with E-state index < -0.39 is 17.8 Å². The van der Waals surface area contributed by atoms with Crippen molar-refractivity contribution in [3.05, 3.63) is 46.4 Å². The third kappa shape index (κ3) is 2.60. The molecule has 0 amide bonds. The van der Waals surface area contributed by atoms with Gasteiger partial charge in [0.25, 0.3) is 0 Å². The van der Waals surface area contributed by atoms with E-state index in [2.05, 4.69) is 20.4 Å². The molecule has 108 valence electrons. The topological polar surface area (TPSA) is 80.8 Å². The van der Waals surface area contributed by atoms with E-state index in [9.17, 15) is 8.78 Å². The van der Waals surface area contributed by atoms with Crippen LogP contribution in [0.2, 0.25) is 0 Å². The first-order valence-corrected chi connectivity index (χ1v) is 7.45. The summed E-state index contributed by atoms with van der Waals surface area (Å²) in [6.45, 7) is 0. The van der Waals surface area contributed by atoms with Crippen LogP contribution in [0.5, 0.6) is 0 Å². The Labute approximate surface area is 125 Å². The molecular weight excluding hydrogens is 318 g/mol. The van der Waals surface area contributed by atoms with Gasteiger partial charge in [-0.2, -0.15) is 0 Å². The van der Waals surface area contributed by atoms with Crippen LogP contribution in [0.4, 0.5) is 19.0 Å². The lowest BCUT2D eigenvalue weighted by Crippen LogP contribution is -2.32. The highest BCUT2D eigenvalue weighted by Gasteiger charge is 2.28. The van der Waals surface area contributed by atoms with Crippen LogP contribution in [-0.2, 0) is 0 Å². The van der Waals surface area contributed by atoms with Crippen LogP contribution in [0.15, 0.2) is 29.2 Å². The van der Waals surface area contributed by atoms with Gasteiger partial charge in [-0.15, -0.1) is 20.4 Å². The lowest BCUT2D eigenvalue weighted by molar-refractivity contribution is 0.526. The van der Waals surface area contributed by atoms with Gasteiger partial charge >= 0.3 is 0 Å². The molecule has 2 N–H and O–H groups in total. The number of nitrogens with two attached hydrogens (primary N) is 1. The van der Waals surface area contributed by atoms with E-state index in [1.165, 1.54) is 44.7 Å². The van der Waals surface area contributed by atoms with Crippen molar-refractivity contribution >= 4 is 32.9 Å². The van der Waals surface area contributed by atoms with Crippen molar-refractivity contribution in [1.82, 2.24) is 20.4 Å². The fourth-order valence-corrected chi connectivity index (χ4v) is 3.04. The Morgan fingerprint density at radius 1 is 1.00 bits per heavy atom. The summed E-state index contributed by atoms with van der Waals surface area (Å²) in [5, 5.41) is 16.0. The van der Waals surface area contributed by atoms with Crippen LogP contribution in [0.25, 0.3) is 0 Å².